The zero-order chi connectivity index (χ0) is 13.2. The highest BCUT2D eigenvalue weighted by Gasteiger charge is 2.20. The van der Waals surface area contributed by atoms with Crippen molar-refractivity contribution in [1.29, 1.82) is 0 Å². The van der Waals surface area contributed by atoms with Crippen molar-refractivity contribution in [1.82, 2.24) is 10.2 Å². The maximum atomic E-state index is 5.92. The van der Waals surface area contributed by atoms with Gasteiger partial charge in [0, 0.05) is 6.54 Å². The van der Waals surface area contributed by atoms with E-state index in [9.17, 15) is 0 Å². The Bertz CT molecular complexity index is 396. The molecule has 1 N–H and O–H groups in total. The van der Waals surface area contributed by atoms with Crippen molar-refractivity contribution in [3.05, 3.63) is 16.3 Å². The van der Waals surface area contributed by atoms with Crippen molar-refractivity contribution in [3.63, 3.8) is 0 Å². The van der Waals surface area contributed by atoms with Crippen LogP contribution in [0.15, 0.2) is 0 Å². The topological polar surface area (TPSA) is 37.8 Å². The second-order valence-corrected chi connectivity index (χ2v) is 6.10. The first-order valence-electron chi connectivity index (χ1n) is 5.96. The van der Waals surface area contributed by atoms with E-state index in [0.717, 1.165) is 23.5 Å². The van der Waals surface area contributed by atoms with E-state index in [2.05, 4.69) is 43.2 Å². The lowest BCUT2D eigenvalue weighted by molar-refractivity contribution is 0.274. The summed E-state index contributed by atoms with van der Waals surface area (Å²) in [4.78, 5) is 0. The van der Waals surface area contributed by atoms with E-state index in [4.69, 9.17) is 11.6 Å². The van der Waals surface area contributed by atoms with E-state index < -0.39 is 0 Å². The molecule has 0 saturated heterocycles. The zero-order valence-corrected chi connectivity index (χ0v) is 12.3. The van der Waals surface area contributed by atoms with E-state index in [-0.39, 0.29) is 5.41 Å². The molecule has 0 saturated carbocycles. The third-order valence-corrected chi connectivity index (χ3v) is 3.88. The molecule has 1 aromatic rings. The maximum Gasteiger partial charge on any atom is 0.155 e. The Morgan fingerprint density at radius 3 is 2.29 bits per heavy atom. The normalized spacial score (nSPS) is 13.6. The van der Waals surface area contributed by atoms with Gasteiger partial charge in [-0.25, -0.2) is 0 Å². The van der Waals surface area contributed by atoms with Crippen LogP contribution in [-0.2, 0) is 0 Å². The van der Waals surface area contributed by atoms with Crippen molar-refractivity contribution in [2.24, 2.45) is 11.3 Å². The Hall–Kier alpha value is -0.830. The van der Waals surface area contributed by atoms with E-state index in [1.807, 2.05) is 13.8 Å². The number of halogens is 1. The van der Waals surface area contributed by atoms with Crippen LogP contribution < -0.4 is 5.32 Å². The minimum Gasteiger partial charge on any atom is -0.368 e. The Balaban J connectivity index is 2.74. The molecule has 1 atom stereocenters. The van der Waals surface area contributed by atoms with Gasteiger partial charge in [0.25, 0.3) is 0 Å². The molecular formula is C13H22ClN3. The minimum absolute atomic E-state index is 0.288. The van der Waals surface area contributed by atoms with Gasteiger partial charge in [-0.05, 0) is 36.3 Å². The predicted octanol–water partition coefficient (Wildman–Crippen LogP) is 3.84. The second-order valence-electron chi connectivity index (χ2n) is 5.74. The van der Waals surface area contributed by atoms with Gasteiger partial charge in [-0.15, -0.1) is 10.2 Å². The van der Waals surface area contributed by atoms with Crippen molar-refractivity contribution in [2.45, 2.75) is 41.5 Å². The number of hydrogen-bond acceptors (Lipinski definition) is 3. The van der Waals surface area contributed by atoms with Gasteiger partial charge < -0.3 is 5.32 Å². The highest BCUT2D eigenvalue weighted by Crippen LogP contribution is 2.26. The van der Waals surface area contributed by atoms with E-state index in [1.54, 1.807) is 0 Å². The van der Waals surface area contributed by atoms with Gasteiger partial charge >= 0.3 is 0 Å². The fourth-order valence-electron chi connectivity index (χ4n) is 1.30. The van der Waals surface area contributed by atoms with E-state index in [0.29, 0.717) is 11.1 Å². The summed E-state index contributed by atoms with van der Waals surface area (Å²) >= 11 is 5.92. The predicted molar refractivity (Wildman–Crippen MR) is 73.6 cm³/mol. The summed E-state index contributed by atoms with van der Waals surface area (Å²) in [5, 5.41) is 11.9. The van der Waals surface area contributed by atoms with Gasteiger partial charge in [0.15, 0.2) is 11.0 Å². The molecule has 0 fully saturated rings. The Kier molecular flexibility index (Phi) is 4.36. The molecule has 17 heavy (non-hydrogen) atoms. The quantitative estimate of drug-likeness (QED) is 0.892. The number of hydrogen-bond donors (Lipinski definition) is 1. The first-order valence-corrected chi connectivity index (χ1v) is 6.34. The van der Waals surface area contributed by atoms with Crippen LogP contribution >= 0.6 is 11.6 Å². The summed E-state index contributed by atoms with van der Waals surface area (Å²) < 4.78 is 0. The molecule has 1 rings (SSSR count). The molecule has 1 unspecified atom stereocenters. The Morgan fingerprint density at radius 2 is 1.76 bits per heavy atom. The largest absolute Gasteiger partial charge is 0.368 e. The van der Waals surface area contributed by atoms with Crippen LogP contribution in [0.4, 0.5) is 5.82 Å². The van der Waals surface area contributed by atoms with Gasteiger partial charge in [0.2, 0.25) is 0 Å². The average Bonchev–Trinajstić information content (AvgIpc) is 2.23. The summed E-state index contributed by atoms with van der Waals surface area (Å²) in [6, 6.07) is 0. The highest BCUT2D eigenvalue weighted by atomic mass is 35.5. The molecule has 0 aliphatic rings. The van der Waals surface area contributed by atoms with Gasteiger partial charge in [-0.3, -0.25) is 0 Å². The molecule has 0 aliphatic carbocycles. The van der Waals surface area contributed by atoms with Crippen LogP contribution in [0, 0.1) is 25.2 Å². The molecule has 0 bridgehead atoms. The van der Waals surface area contributed by atoms with Crippen molar-refractivity contribution >= 4 is 17.4 Å². The van der Waals surface area contributed by atoms with Crippen LogP contribution in [0.1, 0.15) is 38.8 Å². The molecule has 3 nitrogen and oxygen atoms in total. The number of aromatic nitrogens is 2. The molecule has 0 spiro atoms. The highest BCUT2D eigenvalue weighted by molar-refractivity contribution is 6.30. The van der Waals surface area contributed by atoms with Crippen LogP contribution in [0.5, 0.6) is 0 Å². The summed E-state index contributed by atoms with van der Waals surface area (Å²) in [7, 11) is 0. The molecule has 0 aromatic carbocycles. The van der Waals surface area contributed by atoms with E-state index >= 15 is 0 Å². The van der Waals surface area contributed by atoms with Gasteiger partial charge in [0.1, 0.15) is 0 Å². The lowest BCUT2D eigenvalue weighted by atomic mass is 9.82. The number of rotatable bonds is 3. The number of nitrogens with zero attached hydrogens (tertiary/aromatic N) is 2. The van der Waals surface area contributed by atoms with Crippen LogP contribution in [-0.4, -0.2) is 16.7 Å². The standard InChI is InChI=1S/C13H22ClN3/c1-8(13(4,5)6)7-15-12-10(3)9(2)11(14)16-17-12/h8H,7H2,1-6H3,(H,15,17). The smallest absolute Gasteiger partial charge is 0.155 e. The molecule has 96 valence electrons. The van der Waals surface area contributed by atoms with Crippen molar-refractivity contribution < 1.29 is 0 Å². The summed E-state index contributed by atoms with van der Waals surface area (Å²) in [5.41, 5.74) is 2.36. The minimum atomic E-state index is 0.288. The van der Waals surface area contributed by atoms with Crippen LogP contribution in [0.2, 0.25) is 5.15 Å². The molecule has 0 amide bonds. The lowest BCUT2D eigenvalue weighted by Gasteiger charge is -2.27. The zero-order valence-electron chi connectivity index (χ0n) is 11.6. The SMILES string of the molecule is Cc1c(Cl)nnc(NCC(C)C(C)(C)C)c1C. The summed E-state index contributed by atoms with van der Waals surface area (Å²) in [6.07, 6.45) is 0. The molecule has 4 heteroatoms. The first-order chi connectivity index (χ1) is 7.73. The average molecular weight is 256 g/mol. The lowest BCUT2D eigenvalue weighted by Crippen LogP contribution is -2.25. The number of anilines is 1. The van der Waals surface area contributed by atoms with Gasteiger partial charge in [-0.2, -0.15) is 0 Å². The summed E-state index contributed by atoms with van der Waals surface area (Å²) in [5.74, 6) is 1.39. The molecule has 0 aliphatic heterocycles. The first kappa shape index (κ1) is 14.2. The number of nitrogens with one attached hydrogen (secondary N) is 1. The van der Waals surface area contributed by atoms with Crippen molar-refractivity contribution in [2.75, 3.05) is 11.9 Å². The second kappa shape index (κ2) is 5.21. The molecule has 0 radical (unpaired) electrons. The van der Waals surface area contributed by atoms with Gasteiger partial charge in [-0.1, -0.05) is 39.3 Å². The Morgan fingerprint density at radius 1 is 1.18 bits per heavy atom. The van der Waals surface area contributed by atoms with Crippen LogP contribution in [0.3, 0.4) is 0 Å². The van der Waals surface area contributed by atoms with Crippen LogP contribution in [0.25, 0.3) is 0 Å². The van der Waals surface area contributed by atoms with E-state index in [1.165, 1.54) is 0 Å². The fraction of sp³-hybridized carbons (Fsp3) is 0.692. The fourth-order valence-corrected chi connectivity index (χ4v) is 1.48. The maximum absolute atomic E-state index is 5.92. The van der Waals surface area contributed by atoms with Gasteiger partial charge in [0.05, 0.1) is 0 Å². The molecular weight excluding hydrogens is 234 g/mol. The third kappa shape index (κ3) is 3.56. The molecule has 1 heterocycles. The molecule has 1 aromatic heterocycles. The third-order valence-electron chi connectivity index (χ3n) is 3.52. The monoisotopic (exact) mass is 255 g/mol. The summed E-state index contributed by atoms with van der Waals surface area (Å²) in [6.45, 7) is 13.8. The Labute approximate surface area is 109 Å². The van der Waals surface area contributed by atoms with Crippen molar-refractivity contribution in [3.8, 4) is 0 Å².